The summed E-state index contributed by atoms with van der Waals surface area (Å²) < 4.78 is 5.93. The summed E-state index contributed by atoms with van der Waals surface area (Å²) in [6.45, 7) is 3.88. The molecule has 6 heteroatoms. The van der Waals surface area contributed by atoms with E-state index >= 15 is 0 Å². The predicted molar refractivity (Wildman–Crippen MR) is 94.2 cm³/mol. The molecule has 136 valence electrons. The van der Waals surface area contributed by atoms with E-state index in [2.05, 4.69) is 4.98 Å². The van der Waals surface area contributed by atoms with Crippen LogP contribution in [0.15, 0.2) is 18.3 Å². The lowest BCUT2D eigenvalue weighted by Gasteiger charge is -2.43. The SMILES string of the molecule is CCc1ccc(C(=O)N2CC[C@H]3OC[C@@H](C(=O)N(C)C)C[C@H]3C2)cn1. The van der Waals surface area contributed by atoms with Gasteiger partial charge in [0.05, 0.1) is 24.2 Å². The Morgan fingerprint density at radius 1 is 1.36 bits per heavy atom. The molecule has 0 saturated carbocycles. The maximum absolute atomic E-state index is 12.8. The van der Waals surface area contributed by atoms with E-state index in [9.17, 15) is 9.59 Å². The number of aromatic nitrogens is 1. The van der Waals surface area contributed by atoms with Crippen LogP contribution >= 0.6 is 0 Å². The average Bonchev–Trinajstić information content (AvgIpc) is 2.65. The first-order valence-corrected chi connectivity index (χ1v) is 9.06. The number of ether oxygens (including phenoxy) is 1. The van der Waals surface area contributed by atoms with Gasteiger partial charge in [0, 0.05) is 45.0 Å². The van der Waals surface area contributed by atoms with Crippen LogP contribution < -0.4 is 0 Å². The number of hydrogen-bond acceptors (Lipinski definition) is 4. The molecule has 2 fully saturated rings. The third kappa shape index (κ3) is 3.84. The summed E-state index contributed by atoms with van der Waals surface area (Å²) >= 11 is 0. The topological polar surface area (TPSA) is 62.7 Å². The Labute approximate surface area is 149 Å². The van der Waals surface area contributed by atoms with Gasteiger partial charge in [0.2, 0.25) is 5.91 Å². The summed E-state index contributed by atoms with van der Waals surface area (Å²) in [5, 5.41) is 0. The van der Waals surface area contributed by atoms with Crippen LogP contribution in [-0.2, 0) is 16.0 Å². The standard InChI is InChI=1S/C19H27N3O3/c1-4-16-6-5-13(10-20-16)19(24)22-8-7-17-14(11-22)9-15(12-25-17)18(23)21(2)3/h5-6,10,14-15,17H,4,7-9,11-12H2,1-3H3/t14-,15-,17+/m0/s1. The maximum atomic E-state index is 12.8. The third-order valence-corrected chi connectivity index (χ3v) is 5.27. The lowest BCUT2D eigenvalue weighted by Crippen LogP contribution is -2.51. The molecule has 2 aliphatic rings. The van der Waals surface area contributed by atoms with E-state index in [1.807, 2.05) is 24.0 Å². The van der Waals surface area contributed by atoms with Crippen LogP contribution in [0.5, 0.6) is 0 Å². The molecule has 25 heavy (non-hydrogen) atoms. The second kappa shape index (κ2) is 7.52. The minimum Gasteiger partial charge on any atom is -0.377 e. The van der Waals surface area contributed by atoms with Crippen molar-refractivity contribution in [3.05, 3.63) is 29.6 Å². The molecule has 3 rings (SSSR count). The number of aryl methyl sites for hydroxylation is 1. The van der Waals surface area contributed by atoms with Crippen LogP contribution in [0, 0.1) is 11.8 Å². The van der Waals surface area contributed by atoms with Crippen molar-refractivity contribution in [2.24, 2.45) is 11.8 Å². The van der Waals surface area contributed by atoms with Crippen molar-refractivity contribution in [1.29, 1.82) is 0 Å². The van der Waals surface area contributed by atoms with Crippen molar-refractivity contribution < 1.29 is 14.3 Å². The number of carbonyl (C=O) groups excluding carboxylic acids is 2. The van der Waals surface area contributed by atoms with Gasteiger partial charge in [-0.2, -0.15) is 0 Å². The predicted octanol–water partition coefficient (Wildman–Crippen LogP) is 1.60. The Kier molecular flexibility index (Phi) is 5.37. The molecule has 3 atom stereocenters. The zero-order valence-corrected chi connectivity index (χ0v) is 15.3. The summed E-state index contributed by atoms with van der Waals surface area (Å²) in [4.78, 5) is 32.8. The molecule has 0 bridgehead atoms. The fraction of sp³-hybridized carbons (Fsp3) is 0.632. The van der Waals surface area contributed by atoms with Crippen molar-refractivity contribution >= 4 is 11.8 Å². The molecular weight excluding hydrogens is 318 g/mol. The number of likely N-dealkylation sites (tertiary alicyclic amines) is 1. The van der Waals surface area contributed by atoms with Crippen LogP contribution in [0.2, 0.25) is 0 Å². The average molecular weight is 345 g/mol. The fourth-order valence-electron chi connectivity index (χ4n) is 3.79. The third-order valence-electron chi connectivity index (χ3n) is 5.27. The van der Waals surface area contributed by atoms with E-state index in [0.717, 1.165) is 25.0 Å². The zero-order chi connectivity index (χ0) is 18.0. The van der Waals surface area contributed by atoms with Gasteiger partial charge < -0.3 is 14.5 Å². The minimum absolute atomic E-state index is 0.0228. The Balaban J connectivity index is 1.65. The van der Waals surface area contributed by atoms with Gasteiger partial charge in [-0.3, -0.25) is 14.6 Å². The number of fused-ring (bicyclic) bond motifs is 1. The Hall–Kier alpha value is -1.95. The fourth-order valence-corrected chi connectivity index (χ4v) is 3.79. The van der Waals surface area contributed by atoms with Crippen LogP contribution in [0.25, 0.3) is 0 Å². The number of nitrogens with zero attached hydrogens (tertiary/aromatic N) is 3. The summed E-state index contributed by atoms with van der Waals surface area (Å²) in [6.07, 6.45) is 4.32. The van der Waals surface area contributed by atoms with Gasteiger partial charge in [-0.25, -0.2) is 0 Å². The molecule has 0 radical (unpaired) electrons. The molecule has 2 aliphatic heterocycles. The molecular formula is C19H27N3O3. The highest BCUT2D eigenvalue weighted by Crippen LogP contribution is 2.32. The van der Waals surface area contributed by atoms with Gasteiger partial charge >= 0.3 is 0 Å². The summed E-state index contributed by atoms with van der Waals surface area (Å²) in [6, 6.07) is 3.77. The highest BCUT2D eigenvalue weighted by atomic mass is 16.5. The second-order valence-corrected chi connectivity index (χ2v) is 7.23. The molecule has 2 saturated heterocycles. The van der Waals surface area contributed by atoms with Crippen molar-refractivity contribution in [2.45, 2.75) is 32.3 Å². The highest BCUT2D eigenvalue weighted by molar-refractivity contribution is 5.94. The Bertz CT molecular complexity index is 629. The van der Waals surface area contributed by atoms with E-state index in [0.29, 0.717) is 25.3 Å². The first kappa shape index (κ1) is 17.9. The van der Waals surface area contributed by atoms with Crippen molar-refractivity contribution in [3.8, 4) is 0 Å². The first-order chi connectivity index (χ1) is 12.0. The van der Waals surface area contributed by atoms with E-state index in [1.54, 1.807) is 25.2 Å². The van der Waals surface area contributed by atoms with Gasteiger partial charge in [0.1, 0.15) is 0 Å². The molecule has 0 N–H and O–H groups in total. The number of hydrogen-bond donors (Lipinski definition) is 0. The zero-order valence-electron chi connectivity index (χ0n) is 15.3. The van der Waals surface area contributed by atoms with Gasteiger partial charge in [-0.15, -0.1) is 0 Å². The monoisotopic (exact) mass is 345 g/mol. The molecule has 0 spiro atoms. The quantitative estimate of drug-likeness (QED) is 0.835. The number of pyridine rings is 1. The lowest BCUT2D eigenvalue weighted by atomic mass is 9.83. The molecule has 2 amide bonds. The highest BCUT2D eigenvalue weighted by Gasteiger charge is 2.39. The molecule has 1 aromatic rings. The van der Waals surface area contributed by atoms with Crippen LogP contribution in [0.4, 0.5) is 0 Å². The molecule has 0 unspecified atom stereocenters. The molecule has 6 nitrogen and oxygen atoms in total. The molecule has 0 aromatic carbocycles. The Morgan fingerprint density at radius 3 is 2.80 bits per heavy atom. The molecule has 1 aromatic heterocycles. The van der Waals surface area contributed by atoms with Crippen molar-refractivity contribution in [1.82, 2.24) is 14.8 Å². The first-order valence-electron chi connectivity index (χ1n) is 9.06. The van der Waals surface area contributed by atoms with Gasteiger partial charge in [-0.1, -0.05) is 6.92 Å². The summed E-state index contributed by atoms with van der Waals surface area (Å²) in [7, 11) is 3.55. The van der Waals surface area contributed by atoms with Crippen LogP contribution in [-0.4, -0.2) is 66.5 Å². The van der Waals surface area contributed by atoms with E-state index in [1.165, 1.54) is 0 Å². The number of piperidine rings is 1. The second-order valence-electron chi connectivity index (χ2n) is 7.23. The summed E-state index contributed by atoms with van der Waals surface area (Å²) in [5.74, 6) is 0.260. The minimum atomic E-state index is -0.100. The van der Waals surface area contributed by atoms with Crippen molar-refractivity contribution in [2.75, 3.05) is 33.8 Å². The maximum Gasteiger partial charge on any atom is 0.255 e. The van der Waals surface area contributed by atoms with Gasteiger partial charge in [-0.05, 0) is 31.4 Å². The normalized spacial score (nSPS) is 26.0. The Morgan fingerprint density at radius 2 is 2.16 bits per heavy atom. The lowest BCUT2D eigenvalue weighted by molar-refractivity contribution is -0.145. The number of rotatable bonds is 3. The molecule has 3 heterocycles. The molecule has 0 aliphatic carbocycles. The van der Waals surface area contributed by atoms with Crippen LogP contribution in [0.1, 0.15) is 35.8 Å². The van der Waals surface area contributed by atoms with E-state index in [-0.39, 0.29) is 29.8 Å². The van der Waals surface area contributed by atoms with Gasteiger partial charge in [0.15, 0.2) is 0 Å². The number of amides is 2. The number of carbonyl (C=O) groups is 2. The summed E-state index contributed by atoms with van der Waals surface area (Å²) in [5.41, 5.74) is 1.62. The smallest absolute Gasteiger partial charge is 0.255 e. The van der Waals surface area contributed by atoms with Crippen LogP contribution in [0.3, 0.4) is 0 Å². The van der Waals surface area contributed by atoms with Gasteiger partial charge in [0.25, 0.3) is 5.91 Å². The largest absolute Gasteiger partial charge is 0.377 e. The van der Waals surface area contributed by atoms with Crippen molar-refractivity contribution in [3.63, 3.8) is 0 Å². The van der Waals surface area contributed by atoms with E-state index < -0.39 is 0 Å². The van der Waals surface area contributed by atoms with E-state index in [4.69, 9.17) is 4.74 Å².